The lowest BCUT2D eigenvalue weighted by molar-refractivity contribution is 0.513. The number of hydrogen-bond donors (Lipinski definition) is 1. The van der Waals surface area contributed by atoms with Crippen molar-refractivity contribution in [2.75, 3.05) is 18.6 Å². The number of nitrogens with one attached hydrogen (secondary N) is 1. The van der Waals surface area contributed by atoms with Gasteiger partial charge in [-0.2, -0.15) is 11.8 Å². The summed E-state index contributed by atoms with van der Waals surface area (Å²) in [5.74, 6) is 0.846. The van der Waals surface area contributed by atoms with Gasteiger partial charge in [-0.1, -0.05) is 24.6 Å². The molecule has 1 aromatic rings. The van der Waals surface area contributed by atoms with E-state index in [0.717, 1.165) is 30.7 Å². The Balaban J connectivity index is 2.64. The van der Waals surface area contributed by atoms with Gasteiger partial charge in [0.15, 0.2) is 0 Å². The van der Waals surface area contributed by atoms with Gasteiger partial charge >= 0.3 is 0 Å². The summed E-state index contributed by atoms with van der Waals surface area (Å²) in [6, 6.07) is 5.05. The smallest absolute Gasteiger partial charge is 0.124 e. The zero-order chi connectivity index (χ0) is 12.7. The van der Waals surface area contributed by atoms with Crippen LogP contribution in [-0.4, -0.2) is 24.6 Å². The first kappa shape index (κ1) is 14.8. The molecule has 0 amide bonds. The predicted molar refractivity (Wildman–Crippen MR) is 75.6 cm³/mol. The molecule has 1 N–H and O–H groups in total. The van der Waals surface area contributed by atoms with Gasteiger partial charge in [-0.15, -0.1) is 0 Å². The standard InChI is InChI=1S/C13H19ClFNS/c1-3-16-12(6-7-17-2)8-10-4-5-11(15)9-13(10)14/h4-5,9,12,16H,3,6-8H2,1-2H3. The molecule has 0 saturated heterocycles. The summed E-state index contributed by atoms with van der Waals surface area (Å²) in [4.78, 5) is 0. The van der Waals surface area contributed by atoms with Gasteiger partial charge in [-0.3, -0.25) is 0 Å². The zero-order valence-corrected chi connectivity index (χ0v) is 11.9. The van der Waals surface area contributed by atoms with Crippen LogP contribution >= 0.6 is 23.4 Å². The van der Waals surface area contributed by atoms with Crippen LogP contribution in [0.15, 0.2) is 18.2 Å². The van der Waals surface area contributed by atoms with E-state index in [9.17, 15) is 4.39 Å². The van der Waals surface area contributed by atoms with E-state index in [4.69, 9.17) is 11.6 Å². The minimum absolute atomic E-state index is 0.275. The number of halogens is 2. The first-order valence-corrected chi connectivity index (χ1v) is 7.60. The molecule has 0 spiro atoms. The van der Waals surface area contributed by atoms with Crippen molar-refractivity contribution in [2.24, 2.45) is 0 Å². The summed E-state index contributed by atoms with van der Waals surface area (Å²) in [6.45, 7) is 3.04. The van der Waals surface area contributed by atoms with Crippen molar-refractivity contribution in [2.45, 2.75) is 25.8 Å². The predicted octanol–water partition coefficient (Wildman–Crippen LogP) is 3.75. The second-order valence-electron chi connectivity index (χ2n) is 3.98. The second kappa shape index (κ2) is 7.96. The van der Waals surface area contributed by atoms with Crippen LogP contribution in [0.2, 0.25) is 5.02 Å². The Morgan fingerprint density at radius 3 is 2.82 bits per heavy atom. The molecule has 96 valence electrons. The molecule has 0 heterocycles. The fraction of sp³-hybridized carbons (Fsp3) is 0.538. The Labute approximate surface area is 112 Å². The van der Waals surface area contributed by atoms with Gasteiger partial charge < -0.3 is 5.32 Å². The number of likely N-dealkylation sites (N-methyl/N-ethyl adjacent to an activating group) is 1. The summed E-state index contributed by atoms with van der Waals surface area (Å²) < 4.78 is 12.9. The van der Waals surface area contributed by atoms with Gasteiger partial charge in [0.1, 0.15) is 5.82 Å². The maximum Gasteiger partial charge on any atom is 0.124 e. The largest absolute Gasteiger partial charge is 0.314 e. The third-order valence-electron chi connectivity index (χ3n) is 2.64. The summed E-state index contributed by atoms with van der Waals surface area (Å²) >= 11 is 7.87. The van der Waals surface area contributed by atoms with Crippen LogP contribution in [-0.2, 0) is 6.42 Å². The molecule has 0 aliphatic heterocycles. The minimum Gasteiger partial charge on any atom is -0.314 e. The lowest BCUT2D eigenvalue weighted by Crippen LogP contribution is -2.31. The van der Waals surface area contributed by atoms with Crippen molar-refractivity contribution < 1.29 is 4.39 Å². The molecule has 0 aromatic heterocycles. The molecule has 17 heavy (non-hydrogen) atoms. The van der Waals surface area contributed by atoms with Crippen molar-refractivity contribution in [1.29, 1.82) is 0 Å². The molecule has 0 fully saturated rings. The van der Waals surface area contributed by atoms with Crippen molar-refractivity contribution in [3.05, 3.63) is 34.6 Å². The van der Waals surface area contributed by atoms with Crippen LogP contribution in [0.1, 0.15) is 18.9 Å². The van der Waals surface area contributed by atoms with E-state index in [2.05, 4.69) is 18.5 Å². The molecule has 0 aliphatic carbocycles. The van der Waals surface area contributed by atoms with E-state index in [0.29, 0.717) is 11.1 Å². The van der Waals surface area contributed by atoms with Crippen LogP contribution in [0.25, 0.3) is 0 Å². The van der Waals surface area contributed by atoms with Crippen molar-refractivity contribution >= 4 is 23.4 Å². The maximum absolute atomic E-state index is 12.9. The quantitative estimate of drug-likeness (QED) is 0.813. The molecule has 0 saturated carbocycles. The van der Waals surface area contributed by atoms with Crippen molar-refractivity contribution in [1.82, 2.24) is 5.32 Å². The lowest BCUT2D eigenvalue weighted by atomic mass is 10.0. The highest BCUT2D eigenvalue weighted by Crippen LogP contribution is 2.19. The maximum atomic E-state index is 12.9. The normalized spacial score (nSPS) is 12.7. The molecular formula is C13H19ClFNS. The summed E-state index contributed by atoms with van der Waals surface area (Å²) in [7, 11) is 0. The summed E-state index contributed by atoms with van der Waals surface area (Å²) in [5.41, 5.74) is 1.01. The van der Waals surface area contributed by atoms with Crippen molar-refractivity contribution in [3.8, 4) is 0 Å². The van der Waals surface area contributed by atoms with Crippen LogP contribution in [0.5, 0.6) is 0 Å². The average molecular weight is 276 g/mol. The van der Waals surface area contributed by atoms with E-state index in [1.54, 1.807) is 6.07 Å². The molecule has 1 aromatic carbocycles. The third kappa shape index (κ3) is 5.28. The van der Waals surface area contributed by atoms with Crippen molar-refractivity contribution in [3.63, 3.8) is 0 Å². The summed E-state index contributed by atoms with van der Waals surface area (Å²) in [6.07, 6.45) is 4.06. The molecule has 1 nitrogen and oxygen atoms in total. The highest BCUT2D eigenvalue weighted by atomic mass is 35.5. The van der Waals surface area contributed by atoms with Gasteiger partial charge in [0.25, 0.3) is 0 Å². The third-order valence-corrected chi connectivity index (χ3v) is 3.64. The number of benzene rings is 1. The lowest BCUT2D eigenvalue weighted by Gasteiger charge is -2.18. The molecular weight excluding hydrogens is 257 g/mol. The monoisotopic (exact) mass is 275 g/mol. The average Bonchev–Trinajstić information content (AvgIpc) is 2.29. The Kier molecular flexibility index (Phi) is 6.93. The Bertz CT molecular complexity index is 346. The van der Waals surface area contributed by atoms with Crippen LogP contribution in [0.3, 0.4) is 0 Å². The molecule has 0 bridgehead atoms. The number of rotatable bonds is 7. The molecule has 1 atom stereocenters. The topological polar surface area (TPSA) is 12.0 Å². The first-order valence-electron chi connectivity index (χ1n) is 5.83. The van der Waals surface area contributed by atoms with Crippen LogP contribution in [0.4, 0.5) is 4.39 Å². The minimum atomic E-state index is -0.275. The van der Waals surface area contributed by atoms with E-state index < -0.39 is 0 Å². The zero-order valence-electron chi connectivity index (χ0n) is 10.3. The van der Waals surface area contributed by atoms with Gasteiger partial charge in [-0.05, 0) is 49.1 Å². The Hall–Kier alpha value is -0.250. The first-order chi connectivity index (χ1) is 8.17. The van der Waals surface area contributed by atoms with Crippen LogP contribution in [0, 0.1) is 5.82 Å². The van der Waals surface area contributed by atoms with Gasteiger partial charge in [0.2, 0.25) is 0 Å². The van der Waals surface area contributed by atoms with Gasteiger partial charge in [0.05, 0.1) is 0 Å². The fourth-order valence-electron chi connectivity index (χ4n) is 1.78. The number of thioether (sulfide) groups is 1. The van der Waals surface area contributed by atoms with Crippen LogP contribution < -0.4 is 5.32 Å². The second-order valence-corrected chi connectivity index (χ2v) is 5.37. The van der Waals surface area contributed by atoms with Gasteiger partial charge in [0, 0.05) is 11.1 Å². The summed E-state index contributed by atoms with van der Waals surface area (Å²) in [5, 5.41) is 3.97. The molecule has 0 radical (unpaired) electrons. The molecule has 4 heteroatoms. The SMILES string of the molecule is CCNC(CCSC)Cc1ccc(F)cc1Cl. The van der Waals surface area contributed by atoms with E-state index in [1.807, 2.05) is 11.8 Å². The molecule has 1 unspecified atom stereocenters. The fourth-order valence-corrected chi connectivity index (χ4v) is 2.54. The van der Waals surface area contributed by atoms with E-state index >= 15 is 0 Å². The highest BCUT2D eigenvalue weighted by Gasteiger charge is 2.10. The Morgan fingerprint density at radius 2 is 2.24 bits per heavy atom. The Morgan fingerprint density at radius 1 is 1.47 bits per heavy atom. The van der Waals surface area contributed by atoms with E-state index in [-0.39, 0.29) is 5.82 Å². The molecule has 0 aliphatic rings. The van der Waals surface area contributed by atoms with E-state index in [1.165, 1.54) is 12.1 Å². The highest BCUT2D eigenvalue weighted by molar-refractivity contribution is 7.98. The molecule has 1 rings (SSSR count). The number of hydrogen-bond acceptors (Lipinski definition) is 2. The van der Waals surface area contributed by atoms with Gasteiger partial charge in [-0.25, -0.2) is 4.39 Å².